The number of rotatable bonds is 3. The predicted octanol–water partition coefficient (Wildman–Crippen LogP) is 3.30. The highest BCUT2D eigenvalue weighted by molar-refractivity contribution is 5.27. The number of pyridine rings is 1. The lowest BCUT2D eigenvalue weighted by Gasteiger charge is -2.20. The van der Waals surface area contributed by atoms with Crippen LogP contribution >= 0.6 is 0 Å². The molecule has 2 rings (SSSR count). The summed E-state index contributed by atoms with van der Waals surface area (Å²) in [5.41, 5.74) is 6.53. The van der Waals surface area contributed by atoms with Crippen molar-refractivity contribution in [3.8, 4) is 0 Å². The summed E-state index contributed by atoms with van der Waals surface area (Å²) in [4.78, 5) is 4.12. The Balaban J connectivity index is 2.35. The molecule has 100 valence electrons. The van der Waals surface area contributed by atoms with Crippen molar-refractivity contribution in [2.24, 2.45) is 5.73 Å². The van der Waals surface area contributed by atoms with Gasteiger partial charge in [0.15, 0.2) is 17.5 Å². The first-order valence-electron chi connectivity index (χ1n) is 5.82. The second kappa shape index (κ2) is 5.40. The third-order valence-electron chi connectivity index (χ3n) is 3.12. The first-order valence-corrected chi connectivity index (χ1v) is 5.82. The summed E-state index contributed by atoms with van der Waals surface area (Å²) in [6.07, 6.45) is 1.60. The Labute approximate surface area is 109 Å². The first-order chi connectivity index (χ1) is 9.02. The van der Waals surface area contributed by atoms with E-state index in [4.69, 9.17) is 5.73 Å². The Morgan fingerprint density at radius 2 is 1.79 bits per heavy atom. The third-order valence-corrected chi connectivity index (χ3v) is 3.12. The second-order valence-electron chi connectivity index (χ2n) is 4.33. The highest BCUT2D eigenvalue weighted by Gasteiger charge is 2.23. The van der Waals surface area contributed by atoms with Crippen LogP contribution in [0.1, 0.15) is 30.1 Å². The molecule has 1 heterocycles. The number of halogens is 3. The van der Waals surface area contributed by atoms with E-state index in [1.807, 2.05) is 0 Å². The van der Waals surface area contributed by atoms with Crippen molar-refractivity contribution in [2.75, 3.05) is 0 Å². The summed E-state index contributed by atoms with van der Waals surface area (Å²) in [6.45, 7) is 1.76. The van der Waals surface area contributed by atoms with Crippen LogP contribution < -0.4 is 5.73 Å². The van der Waals surface area contributed by atoms with E-state index >= 15 is 0 Å². The Bertz CT molecular complexity index is 572. The summed E-state index contributed by atoms with van der Waals surface area (Å²) >= 11 is 0. The van der Waals surface area contributed by atoms with Gasteiger partial charge < -0.3 is 5.73 Å². The zero-order valence-corrected chi connectivity index (χ0v) is 10.3. The standard InChI is InChI=1S/C14H13F3N2/c1-8(11-4-2-3-7-19-11)14(18)9-5-6-10(15)13(17)12(9)16/h2-8,14H,18H2,1H3. The minimum Gasteiger partial charge on any atom is -0.323 e. The van der Waals surface area contributed by atoms with Crippen molar-refractivity contribution < 1.29 is 13.2 Å². The molecule has 2 N–H and O–H groups in total. The van der Waals surface area contributed by atoms with Gasteiger partial charge in [0.25, 0.3) is 0 Å². The van der Waals surface area contributed by atoms with Crippen LogP contribution in [0.4, 0.5) is 13.2 Å². The fraction of sp³-hybridized carbons (Fsp3) is 0.214. The number of aromatic nitrogens is 1. The van der Waals surface area contributed by atoms with Crippen LogP contribution in [0.2, 0.25) is 0 Å². The molecule has 1 aromatic heterocycles. The van der Waals surface area contributed by atoms with Gasteiger partial charge in [-0.1, -0.05) is 19.1 Å². The largest absolute Gasteiger partial charge is 0.323 e. The SMILES string of the molecule is CC(c1ccccn1)C(N)c1ccc(F)c(F)c1F. The van der Waals surface area contributed by atoms with Crippen molar-refractivity contribution >= 4 is 0 Å². The molecule has 0 radical (unpaired) electrons. The smallest absolute Gasteiger partial charge is 0.194 e. The molecule has 0 aliphatic heterocycles. The van der Waals surface area contributed by atoms with E-state index in [1.165, 1.54) is 0 Å². The quantitative estimate of drug-likeness (QED) is 0.866. The molecule has 2 aromatic rings. The van der Waals surface area contributed by atoms with Crippen molar-refractivity contribution in [1.29, 1.82) is 0 Å². The van der Waals surface area contributed by atoms with Crippen molar-refractivity contribution in [3.63, 3.8) is 0 Å². The lowest BCUT2D eigenvalue weighted by Crippen LogP contribution is -2.20. The van der Waals surface area contributed by atoms with Crippen LogP contribution in [0.3, 0.4) is 0 Å². The van der Waals surface area contributed by atoms with Gasteiger partial charge in [0.1, 0.15) is 0 Å². The van der Waals surface area contributed by atoms with E-state index in [0.717, 1.165) is 12.1 Å². The summed E-state index contributed by atoms with van der Waals surface area (Å²) in [5.74, 6) is -4.28. The molecule has 1 aromatic carbocycles. The van der Waals surface area contributed by atoms with E-state index < -0.39 is 23.5 Å². The summed E-state index contributed by atoms with van der Waals surface area (Å²) in [7, 11) is 0. The number of hydrogen-bond acceptors (Lipinski definition) is 2. The molecule has 0 amide bonds. The topological polar surface area (TPSA) is 38.9 Å². The van der Waals surface area contributed by atoms with Crippen LogP contribution in [0.15, 0.2) is 36.5 Å². The fourth-order valence-electron chi connectivity index (χ4n) is 1.90. The number of nitrogens with zero attached hydrogens (tertiary/aromatic N) is 1. The maximum Gasteiger partial charge on any atom is 0.194 e. The van der Waals surface area contributed by atoms with Gasteiger partial charge in [-0.25, -0.2) is 13.2 Å². The van der Waals surface area contributed by atoms with Gasteiger partial charge in [0.05, 0.1) is 0 Å². The maximum absolute atomic E-state index is 13.7. The molecule has 0 spiro atoms. The molecule has 2 unspecified atom stereocenters. The van der Waals surface area contributed by atoms with Gasteiger partial charge in [0, 0.05) is 29.4 Å². The number of benzene rings is 1. The average molecular weight is 266 g/mol. The minimum absolute atomic E-state index is 0.0583. The van der Waals surface area contributed by atoms with Crippen molar-refractivity contribution in [3.05, 3.63) is 65.2 Å². The Hall–Kier alpha value is -1.88. The molecule has 0 fully saturated rings. The highest BCUT2D eigenvalue weighted by Crippen LogP contribution is 2.30. The van der Waals surface area contributed by atoms with Crippen LogP contribution in [0.25, 0.3) is 0 Å². The molecular weight excluding hydrogens is 253 g/mol. The van der Waals surface area contributed by atoms with Gasteiger partial charge in [0.2, 0.25) is 0 Å². The van der Waals surface area contributed by atoms with Crippen molar-refractivity contribution in [2.45, 2.75) is 18.9 Å². The number of nitrogens with two attached hydrogens (primary N) is 1. The van der Waals surface area contributed by atoms with Crippen LogP contribution in [0.5, 0.6) is 0 Å². The average Bonchev–Trinajstić information content (AvgIpc) is 2.44. The normalized spacial score (nSPS) is 14.2. The van der Waals surface area contributed by atoms with Gasteiger partial charge in [-0.15, -0.1) is 0 Å². The van der Waals surface area contributed by atoms with Gasteiger partial charge in [-0.05, 0) is 18.2 Å². The minimum atomic E-state index is -1.50. The van der Waals surface area contributed by atoms with E-state index in [1.54, 1.807) is 31.3 Å². The van der Waals surface area contributed by atoms with E-state index in [2.05, 4.69) is 4.98 Å². The van der Waals surface area contributed by atoms with E-state index in [9.17, 15) is 13.2 Å². The summed E-state index contributed by atoms with van der Waals surface area (Å²) < 4.78 is 39.7. The van der Waals surface area contributed by atoms with Gasteiger partial charge >= 0.3 is 0 Å². The molecule has 2 atom stereocenters. The first kappa shape index (κ1) is 13.5. The molecule has 0 aliphatic rings. The Morgan fingerprint density at radius 3 is 2.42 bits per heavy atom. The van der Waals surface area contributed by atoms with Crippen molar-refractivity contribution in [1.82, 2.24) is 4.98 Å². The zero-order valence-electron chi connectivity index (χ0n) is 10.3. The van der Waals surface area contributed by atoms with Gasteiger partial charge in [-0.2, -0.15) is 0 Å². The Morgan fingerprint density at radius 1 is 1.05 bits per heavy atom. The lowest BCUT2D eigenvalue weighted by molar-refractivity contribution is 0.429. The molecular formula is C14H13F3N2. The second-order valence-corrected chi connectivity index (χ2v) is 4.33. The molecule has 0 saturated carbocycles. The highest BCUT2D eigenvalue weighted by atomic mass is 19.2. The maximum atomic E-state index is 13.7. The summed E-state index contributed by atoms with van der Waals surface area (Å²) in [6, 6.07) is 6.52. The summed E-state index contributed by atoms with van der Waals surface area (Å²) in [5, 5.41) is 0. The number of hydrogen-bond donors (Lipinski definition) is 1. The van der Waals surface area contributed by atoms with Gasteiger partial charge in [-0.3, -0.25) is 4.98 Å². The van der Waals surface area contributed by atoms with E-state index in [0.29, 0.717) is 5.69 Å². The molecule has 2 nitrogen and oxygen atoms in total. The molecule has 0 aliphatic carbocycles. The molecule has 0 saturated heterocycles. The predicted molar refractivity (Wildman–Crippen MR) is 65.9 cm³/mol. The third kappa shape index (κ3) is 2.61. The van der Waals surface area contributed by atoms with Crippen LogP contribution in [0, 0.1) is 17.5 Å². The van der Waals surface area contributed by atoms with E-state index in [-0.39, 0.29) is 11.5 Å². The fourth-order valence-corrected chi connectivity index (χ4v) is 1.90. The monoisotopic (exact) mass is 266 g/mol. The molecule has 0 bridgehead atoms. The Kier molecular flexibility index (Phi) is 3.85. The van der Waals surface area contributed by atoms with Crippen LogP contribution in [-0.2, 0) is 0 Å². The lowest BCUT2D eigenvalue weighted by atomic mass is 9.92. The van der Waals surface area contributed by atoms with Crippen LogP contribution in [-0.4, -0.2) is 4.98 Å². The zero-order chi connectivity index (χ0) is 14.0. The molecule has 5 heteroatoms. The molecule has 19 heavy (non-hydrogen) atoms.